The predicted octanol–water partition coefficient (Wildman–Crippen LogP) is 3.59. The molecule has 96 valence electrons. The second-order valence-electron chi connectivity index (χ2n) is 5.09. The Labute approximate surface area is 113 Å². The summed E-state index contributed by atoms with van der Waals surface area (Å²) in [5.41, 5.74) is 3.09. The average molecular weight is 251 g/mol. The lowest BCUT2D eigenvalue weighted by Gasteiger charge is -2.16. The Balaban J connectivity index is 1.81. The minimum absolute atomic E-state index is 0.127. The smallest absolute Gasteiger partial charge is 0.253 e. The molecule has 2 aromatic carbocycles. The molecule has 0 unspecified atom stereocenters. The van der Waals surface area contributed by atoms with Crippen LogP contribution in [0.5, 0.6) is 0 Å². The SMILES string of the molecule is CN(C(=O)c1ccc(-c2ccccc2)cc1)C1CC1. The average Bonchev–Trinajstić information content (AvgIpc) is 3.31. The zero-order chi connectivity index (χ0) is 13.2. The van der Waals surface area contributed by atoms with Crippen molar-refractivity contribution in [3.05, 3.63) is 60.2 Å². The quantitative estimate of drug-likeness (QED) is 0.816. The Morgan fingerprint density at radius 2 is 1.53 bits per heavy atom. The van der Waals surface area contributed by atoms with Gasteiger partial charge < -0.3 is 4.90 Å². The molecule has 0 spiro atoms. The van der Waals surface area contributed by atoms with Crippen LogP contribution in [0, 0.1) is 0 Å². The van der Waals surface area contributed by atoms with E-state index in [0.717, 1.165) is 24.0 Å². The van der Waals surface area contributed by atoms with Gasteiger partial charge in [0.1, 0.15) is 0 Å². The number of hydrogen-bond acceptors (Lipinski definition) is 1. The van der Waals surface area contributed by atoms with Gasteiger partial charge in [-0.05, 0) is 36.1 Å². The summed E-state index contributed by atoms with van der Waals surface area (Å²) in [6.45, 7) is 0. The van der Waals surface area contributed by atoms with Gasteiger partial charge in [-0.3, -0.25) is 4.79 Å². The molecule has 0 aliphatic heterocycles. The van der Waals surface area contributed by atoms with Crippen molar-refractivity contribution in [2.45, 2.75) is 18.9 Å². The molecule has 1 fully saturated rings. The van der Waals surface area contributed by atoms with Crippen molar-refractivity contribution < 1.29 is 4.79 Å². The van der Waals surface area contributed by atoms with Crippen LogP contribution >= 0.6 is 0 Å². The lowest BCUT2D eigenvalue weighted by molar-refractivity contribution is 0.0785. The maximum Gasteiger partial charge on any atom is 0.253 e. The largest absolute Gasteiger partial charge is 0.339 e. The van der Waals surface area contributed by atoms with Gasteiger partial charge in [-0.2, -0.15) is 0 Å². The van der Waals surface area contributed by atoms with Crippen molar-refractivity contribution in [2.75, 3.05) is 7.05 Å². The van der Waals surface area contributed by atoms with Crippen molar-refractivity contribution in [1.29, 1.82) is 0 Å². The molecule has 2 nitrogen and oxygen atoms in total. The van der Waals surface area contributed by atoms with Crippen LogP contribution in [0.3, 0.4) is 0 Å². The molecular weight excluding hydrogens is 234 g/mol. The number of carbonyl (C=O) groups is 1. The van der Waals surface area contributed by atoms with Crippen LogP contribution in [0.4, 0.5) is 0 Å². The van der Waals surface area contributed by atoms with Gasteiger partial charge in [0.25, 0.3) is 5.91 Å². The van der Waals surface area contributed by atoms with Crippen LogP contribution in [0.15, 0.2) is 54.6 Å². The molecule has 1 amide bonds. The number of hydrogen-bond donors (Lipinski definition) is 0. The molecule has 1 aliphatic rings. The van der Waals surface area contributed by atoms with Gasteiger partial charge in [0.2, 0.25) is 0 Å². The molecule has 0 aromatic heterocycles. The monoisotopic (exact) mass is 251 g/mol. The van der Waals surface area contributed by atoms with Crippen LogP contribution in [0.1, 0.15) is 23.2 Å². The Bertz CT molecular complexity index is 570. The number of rotatable bonds is 3. The van der Waals surface area contributed by atoms with Crippen molar-refractivity contribution in [3.63, 3.8) is 0 Å². The number of nitrogens with zero attached hydrogens (tertiary/aromatic N) is 1. The summed E-state index contributed by atoms with van der Waals surface area (Å²) in [5, 5.41) is 0. The van der Waals surface area contributed by atoms with Gasteiger partial charge in [0.15, 0.2) is 0 Å². The van der Waals surface area contributed by atoms with E-state index in [1.807, 2.05) is 54.4 Å². The normalized spacial score (nSPS) is 14.2. The summed E-state index contributed by atoms with van der Waals surface area (Å²) >= 11 is 0. The first-order chi connectivity index (χ1) is 9.25. The first-order valence-corrected chi connectivity index (χ1v) is 6.68. The van der Waals surface area contributed by atoms with E-state index in [0.29, 0.717) is 6.04 Å². The molecule has 2 aromatic rings. The van der Waals surface area contributed by atoms with Gasteiger partial charge in [0.05, 0.1) is 0 Å². The van der Waals surface area contributed by atoms with E-state index >= 15 is 0 Å². The van der Waals surface area contributed by atoms with Gasteiger partial charge in [-0.1, -0.05) is 42.5 Å². The number of benzene rings is 2. The summed E-state index contributed by atoms with van der Waals surface area (Å²) in [6.07, 6.45) is 2.29. The summed E-state index contributed by atoms with van der Waals surface area (Å²) in [7, 11) is 1.89. The third kappa shape index (κ3) is 2.53. The van der Waals surface area contributed by atoms with E-state index in [-0.39, 0.29) is 5.91 Å². The molecule has 2 heteroatoms. The van der Waals surface area contributed by atoms with Crippen LogP contribution in [0.2, 0.25) is 0 Å². The minimum Gasteiger partial charge on any atom is -0.339 e. The van der Waals surface area contributed by atoms with Gasteiger partial charge in [-0.15, -0.1) is 0 Å². The van der Waals surface area contributed by atoms with Gasteiger partial charge >= 0.3 is 0 Å². The van der Waals surface area contributed by atoms with E-state index in [9.17, 15) is 4.79 Å². The fourth-order valence-corrected chi connectivity index (χ4v) is 2.27. The first-order valence-electron chi connectivity index (χ1n) is 6.68. The summed E-state index contributed by atoms with van der Waals surface area (Å²) in [5.74, 6) is 0.127. The van der Waals surface area contributed by atoms with E-state index in [1.165, 1.54) is 5.56 Å². The van der Waals surface area contributed by atoms with Crippen molar-refractivity contribution in [2.24, 2.45) is 0 Å². The summed E-state index contributed by atoms with van der Waals surface area (Å²) in [4.78, 5) is 14.1. The number of amides is 1. The zero-order valence-electron chi connectivity index (χ0n) is 11.0. The molecule has 0 bridgehead atoms. The molecule has 0 radical (unpaired) electrons. The fraction of sp³-hybridized carbons (Fsp3) is 0.235. The predicted molar refractivity (Wildman–Crippen MR) is 77.0 cm³/mol. The lowest BCUT2D eigenvalue weighted by Crippen LogP contribution is -2.28. The topological polar surface area (TPSA) is 20.3 Å². The van der Waals surface area contributed by atoms with Gasteiger partial charge in [0, 0.05) is 18.7 Å². The van der Waals surface area contributed by atoms with Crippen LogP contribution < -0.4 is 0 Å². The maximum absolute atomic E-state index is 12.2. The Hall–Kier alpha value is -2.09. The second kappa shape index (κ2) is 4.88. The summed E-state index contributed by atoms with van der Waals surface area (Å²) in [6, 6.07) is 18.5. The second-order valence-corrected chi connectivity index (χ2v) is 5.09. The highest BCUT2D eigenvalue weighted by Crippen LogP contribution is 2.27. The highest BCUT2D eigenvalue weighted by Gasteiger charge is 2.29. The van der Waals surface area contributed by atoms with Crippen LogP contribution in [-0.2, 0) is 0 Å². The molecule has 1 aliphatic carbocycles. The fourth-order valence-electron chi connectivity index (χ4n) is 2.27. The van der Waals surface area contributed by atoms with Crippen LogP contribution in [0.25, 0.3) is 11.1 Å². The Morgan fingerprint density at radius 1 is 0.947 bits per heavy atom. The Kier molecular flexibility index (Phi) is 3.08. The zero-order valence-corrected chi connectivity index (χ0v) is 11.0. The maximum atomic E-state index is 12.2. The minimum atomic E-state index is 0.127. The van der Waals surface area contributed by atoms with E-state index in [4.69, 9.17) is 0 Å². The first kappa shape index (κ1) is 12.0. The van der Waals surface area contributed by atoms with Gasteiger partial charge in [-0.25, -0.2) is 0 Å². The van der Waals surface area contributed by atoms with Crippen molar-refractivity contribution in [3.8, 4) is 11.1 Å². The van der Waals surface area contributed by atoms with E-state index in [2.05, 4.69) is 12.1 Å². The molecular formula is C17H17NO. The lowest BCUT2D eigenvalue weighted by atomic mass is 10.0. The highest BCUT2D eigenvalue weighted by molar-refractivity contribution is 5.94. The van der Waals surface area contributed by atoms with E-state index in [1.54, 1.807) is 0 Å². The molecule has 0 heterocycles. The van der Waals surface area contributed by atoms with Crippen molar-refractivity contribution in [1.82, 2.24) is 4.90 Å². The standard InChI is InChI=1S/C17H17NO/c1-18(16-11-12-16)17(19)15-9-7-14(8-10-15)13-5-3-2-4-6-13/h2-10,16H,11-12H2,1H3. The van der Waals surface area contributed by atoms with Crippen LogP contribution in [-0.4, -0.2) is 23.9 Å². The third-order valence-corrected chi connectivity index (χ3v) is 3.65. The molecule has 19 heavy (non-hydrogen) atoms. The molecule has 3 rings (SSSR count). The molecule has 0 N–H and O–H groups in total. The van der Waals surface area contributed by atoms with E-state index < -0.39 is 0 Å². The third-order valence-electron chi connectivity index (χ3n) is 3.65. The summed E-state index contributed by atoms with van der Waals surface area (Å²) < 4.78 is 0. The number of carbonyl (C=O) groups excluding carboxylic acids is 1. The highest BCUT2D eigenvalue weighted by atomic mass is 16.2. The molecule has 0 saturated heterocycles. The Morgan fingerprint density at radius 3 is 2.11 bits per heavy atom. The molecule has 1 saturated carbocycles. The van der Waals surface area contributed by atoms with Crippen molar-refractivity contribution >= 4 is 5.91 Å². The molecule has 0 atom stereocenters.